The molecule has 1 amide bonds. The highest BCUT2D eigenvalue weighted by Crippen LogP contribution is 2.15. The average Bonchev–Trinajstić information content (AvgIpc) is 2.82. The summed E-state index contributed by atoms with van der Waals surface area (Å²) in [4.78, 5) is 15.9. The Morgan fingerprint density at radius 1 is 1.40 bits per heavy atom. The summed E-state index contributed by atoms with van der Waals surface area (Å²) >= 11 is 0. The molecule has 0 spiro atoms. The van der Waals surface area contributed by atoms with Crippen molar-refractivity contribution in [2.75, 3.05) is 11.9 Å². The predicted octanol–water partition coefficient (Wildman–Crippen LogP) is 2.51. The molecule has 0 atom stereocenters. The van der Waals surface area contributed by atoms with E-state index in [9.17, 15) is 4.79 Å². The van der Waals surface area contributed by atoms with E-state index in [2.05, 4.69) is 20.8 Å². The molecule has 6 nitrogen and oxygen atoms in total. The van der Waals surface area contributed by atoms with E-state index in [0.717, 1.165) is 11.4 Å². The highest BCUT2D eigenvalue weighted by Gasteiger charge is 2.08. The van der Waals surface area contributed by atoms with Gasteiger partial charge in [0.1, 0.15) is 11.5 Å². The van der Waals surface area contributed by atoms with E-state index >= 15 is 0 Å². The number of amides is 1. The van der Waals surface area contributed by atoms with Crippen LogP contribution in [0.1, 0.15) is 30.1 Å². The number of carbonyl (C=O) groups excluding carboxylic acids is 1. The molecule has 106 valence electrons. The van der Waals surface area contributed by atoms with E-state index in [0.29, 0.717) is 24.0 Å². The Morgan fingerprint density at radius 2 is 2.20 bits per heavy atom. The van der Waals surface area contributed by atoms with Crippen molar-refractivity contribution in [3.8, 4) is 0 Å². The van der Waals surface area contributed by atoms with Crippen LogP contribution in [-0.4, -0.2) is 22.6 Å². The maximum absolute atomic E-state index is 11.8. The van der Waals surface area contributed by atoms with Crippen LogP contribution in [0.2, 0.25) is 0 Å². The number of anilines is 2. The molecule has 0 aliphatic carbocycles. The number of aromatic nitrogens is 2. The Morgan fingerprint density at radius 3 is 2.75 bits per heavy atom. The van der Waals surface area contributed by atoms with Gasteiger partial charge in [0.25, 0.3) is 5.91 Å². The van der Waals surface area contributed by atoms with Crippen LogP contribution >= 0.6 is 0 Å². The lowest BCUT2D eigenvalue weighted by Gasteiger charge is -2.07. The first-order valence-electron chi connectivity index (χ1n) is 6.49. The quantitative estimate of drug-likeness (QED) is 0.875. The number of hydrogen-bond acceptors (Lipinski definition) is 5. The SMILES string of the molecule is Cc1cc(Nc2ccc(C(=O)NCC(C)C)nc2)no1. The summed E-state index contributed by atoms with van der Waals surface area (Å²) in [5.74, 6) is 1.59. The van der Waals surface area contributed by atoms with Crippen molar-refractivity contribution in [2.45, 2.75) is 20.8 Å². The third kappa shape index (κ3) is 3.81. The third-order valence-electron chi connectivity index (χ3n) is 2.57. The van der Waals surface area contributed by atoms with Gasteiger partial charge in [-0.25, -0.2) is 4.98 Å². The Hall–Kier alpha value is -2.37. The van der Waals surface area contributed by atoms with E-state index < -0.39 is 0 Å². The van der Waals surface area contributed by atoms with Gasteiger partial charge in [-0.3, -0.25) is 4.79 Å². The molecule has 2 aromatic rings. The molecule has 0 fully saturated rings. The fraction of sp³-hybridized carbons (Fsp3) is 0.357. The summed E-state index contributed by atoms with van der Waals surface area (Å²) in [6.45, 7) is 6.54. The van der Waals surface area contributed by atoms with Crippen molar-refractivity contribution in [2.24, 2.45) is 5.92 Å². The maximum Gasteiger partial charge on any atom is 0.269 e. The molecule has 0 saturated carbocycles. The summed E-state index contributed by atoms with van der Waals surface area (Å²) in [5, 5.41) is 9.69. The van der Waals surface area contributed by atoms with Crippen molar-refractivity contribution in [1.82, 2.24) is 15.5 Å². The minimum Gasteiger partial charge on any atom is -0.360 e. The van der Waals surface area contributed by atoms with Crippen molar-refractivity contribution >= 4 is 17.4 Å². The van der Waals surface area contributed by atoms with Crippen molar-refractivity contribution < 1.29 is 9.32 Å². The monoisotopic (exact) mass is 274 g/mol. The molecule has 2 N–H and O–H groups in total. The van der Waals surface area contributed by atoms with Gasteiger partial charge in [0, 0.05) is 12.6 Å². The van der Waals surface area contributed by atoms with E-state index in [4.69, 9.17) is 4.52 Å². The molecule has 0 saturated heterocycles. The number of rotatable bonds is 5. The predicted molar refractivity (Wildman–Crippen MR) is 75.9 cm³/mol. The van der Waals surface area contributed by atoms with Crippen LogP contribution < -0.4 is 10.6 Å². The molecule has 0 aliphatic rings. The molecule has 0 radical (unpaired) electrons. The average molecular weight is 274 g/mol. The molecule has 0 bridgehead atoms. The highest BCUT2D eigenvalue weighted by molar-refractivity contribution is 5.92. The fourth-order valence-corrected chi connectivity index (χ4v) is 1.56. The summed E-state index contributed by atoms with van der Waals surface area (Å²) in [6.07, 6.45) is 1.59. The summed E-state index contributed by atoms with van der Waals surface area (Å²) in [5.41, 5.74) is 1.14. The molecule has 2 aromatic heterocycles. The van der Waals surface area contributed by atoms with E-state index in [1.807, 2.05) is 20.8 Å². The molecule has 2 heterocycles. The first kappa shape index (κ1) is 14.0. The standard InChI is InChI=1S/C14H18N4O2/c1-9(2)7-16-14(19)12-5-4-11(8-15-12)17-13-6-10(3)20-18-13/h4-6,8-9H,7H2,1-3H3,(H,16,19)(H,17,18). The zero-order valence-electron chi connectivity index (χ0n) is 11.8. The zero-order chi connectivity index (χ0) is 14.5. The zero-order valence-corrected chi connectivity index (χ0v) is 11.8. The fourth-order valence-electron chi connectivity index (χ4n) is 1.56. The van der Waals surface area contributed by atoms with Crippen LogP contribution in [0.4, 0.5) is 11.5 Å². The van der Waals surface area contributed by atoms with Gasteiger partial charge in [0.15, 0.2) is 5.82 Å². The minimum atomic E-state index is -0.164. The van der Waals surface area contributed by atoms with Crippen LogP contribution in [0.25, 0.3) is 0 Å². The van der Waals surface area contributed by atoms with Gasteiger partial charge in [-0.05, 0) is 25.0 Å². The highest BCUT2D eigenvalue weighted by atomic mass is 16.5. The topological polar surface area (TPSA) is 80.0 Å². The lowest BCUT2D eigenvalue weighted by molar-refractivity contribution is 0.0944. The number of hydrogen-bond donors (Lipinski definition) is 2. The number of aryl methyl sites for hydroxylation is 1. The number of nitrogens with zero attached hydrogens (tertiary/aromatic N) is 2. The lowest BCUT2D eigenvalue weighted by Crippen LogP contribution is -2.27. The largest absolute Gasteiger partial charge is 0.360 e. The van der Waals surface area contributed by atoms with Crippen LogP contribution in [-0.2, 0) is 0 Å². The molecule has 0 aliphatic heterocycles. The van der Waals surface area contributed by atoms with Crippen LogP contribution in [0.3, 0.4) is 0 Å². The van der Waals surface area contributed by atoms with Crippen molar-refractivity contribution in [3.63, 3.8) is 0 Å². The smallest absolute Gasteiger partial charge is 0.269 e. The number of carbonyl (C=O) groups is 1. The molecule has 20 heavy (non-hydrogen) atoms. The normalized spacial score (nSPS) is 10.6. The minimum absolute atomic E-state index is 0.164. The lowest BCUT2D eigenvalue weighted by atomic mass is 10.2. The maximum atomic E-state index is 11.8. The Labute approximate surface area is 117 Å². The van der Waals surface area contributed by atoms with Crippen molar-refractivity contribution in [3.05, 3.63) is 35.9 Å². The van der Waals surface area contributed by atoms with Crippen LogP contribution in [0.15, 0.2) is 28.9 Å². The van der Waals surface area contributed by atoms with Gasteiger partial charge >= 0.3 is 0 Å². The van der Waals surface area contributed by atoms with E-state index in [1.54, 1.807) is 24.4 Å². The van der Waals surface area contributed by atoms with Crippen LogP contribution in [0.5, 0.6) is 0 Å². The third-order valence-corrected chi connectivity index (χ3v) is 2.57. The Bertz CT molecular complexity index is 575. The Kier molecular flexibility index (Phi) is 4.34. The van der Waals surface area contributed by atoms with Gasteiger partial charge in [-0.2, -0.15) is 0 Å². The summed E-state index contributed by atoms with van der Waals surface area (Å²) in [6, 6.07) is 5.23. The molecular weight excluding hydrogens is 256 g/mol. The molecule has 6 heteroatoms. The number of pyridine rings is 1. The van der Waals surface area contributed by atoms with Gasteiger partial charge in [-0.15, -0.1) is 0 Å². The van der Waals surface area contributed by atoms with Crippen molar-refractivity contribution in [1.29, 1.82) is 0 Å². The molecular formula is C14H18N4O2. The second-order valence-corrected chi connectivity index (χ2v) is 4.98. The first-order chi connectivity index (χ1) is 9.54. The molecule has 0 aromatic carbocycles. The van der Waals surface area contributed by atoms with Gasteiger partial charge in [-0.1, -0.05) is 19.0 Å². The second-order valence-electron chi connectivity index (χ2n) is 4.98. The summed E-state index contributed by atoms with van der Waals surface area (Å²) in [7, 11) is 0. The van der Waals surface area contributed by atoms with E-state index in [1.165, 1.54) is 0 Å². The van der Waals surface area contributed by atoms with Crippen LogP contribution in [0, 0.1) is 12.8 Å². The first-order valence-corrected chi connectivity index (χ1v) is 6.49. The van der Waals surface area contributed by atoms with Gasteiger partial charge in [0.2, 0.25) is 0 Å². The molecule has 2 rings (SSSR count). The number of nitrogens with one attached hydrogen (secondary N) is 2. The molecule has 0 unspecified atom stereocenters. The van der Waals surface area contributed by atoms with E-state index in [-0.39, 0.29) is 5.91 Å². The summed E-state index contributed by atoms with van der Waals surface area (Å²) < 4.78 is 4.96. The second kappa shape index (κ2) is 6.18. The van der Waals surface area contributed by atoms with Gasteiger partial charge < -0.3 is 15.2 Å². The Balaban J connectivity index is 1.97. The van der Waals surface area contributed by atoms with Gasteiger partial charge in [0.05, 0.1) is 11.9 Å².